The van der Waals surface area contributed by atoms with Crippen molar-refractivity contribution in [3.8, 4) is 0 Å². The van der Waals surface area contributed by atoms with Crippen molar-refractivity contribution in [3.63, 3.8) is 0 Å². The van der Waals surface area contributed by atoms with Gasteiger partial charge in [0.15, 0.2) is 8.32 Å². The second kappa shape index (κ2) is 7.72. The van der Waals surface area contributed by atoms with Gasteiger partial charge in [-0.1, -0.05) is 51.4 Å². The van der Waals surface area contributed by atoms with Crippen LogP contribution in [0.5, 0.6) is 0 Å². The highest BCUT2D eigenvalue weighted by Gasteiger charge is 2.59. The first-order valence-corrected chi connectivity index (χ1v) is 15.8. The molecule has 4 aliphatic carbocycles. The maximum absolute atomic E-state index is 9.45. The highest BCUT2D eigenvalue weighted by molar-refractivity contribution is 6.74. The molecule has 0 aromatic rings. The number of rotatable bonds is 3. The molecule has 31 heavy (non-hydrogen) atoms. The molecule has 0 aliphatic heterocycles. The van der Waals surface area contributed by atoms with Gasteiger partial charge in [-0.3, -0.25) is 0 Å². The highest BCUT2D eigenvalue weighted by atomic mass is 28.4. The molecule has 3 saturated carbocycles. The number of nitrogens with zero attached hydrogens (tertiary/aromatic N) is 1. The highest BCUT2D eigenvalue weighted by Crippen LogP contribution is 2.67. The van der Waals surface area contributed by atoms with Gasteiger partial charge in [0.05, 0.1) is 11.8 Å². The molecular formula is C27H47NO2Si. The standard InChI is InChI=1S/C27H47NO2Si/c1-18(28-29)22-11-12-23-21-10-9-19-17-20(30-31(7,8)25(2,3)4)13-15-26(19,5)24(21)14-16-27(22,23)6/h17,20-24,29H,9-16H2,1-8H3/b28-18+/t20-,21+,22-,23+,24+,26+,27-/m1/s1. The maximum atomic E-state index is 9.45. The second-order valence-electron chi connectivity index (χ2n) is 13.4. The summed E-state index contributed by atoms with van der Waals surface area (Å²) in [7, 11) is -1.73. The van der Waals surface area contributed by atoms with Crippen LogP contribution in [0.2, 0.25) is 18.1 Å². The van der Waals surface area contributed by atoms with Gasteiger partial charge in [-0.2, -0.15) is 0 Å². The molecule has 0 saturated heterocycles. The Morgan fingerprint density at radius 3 is 2.42 bits per heavy atom. The van der Waals surface area contributed by atoms with Crippen molar-refractivity contribution in [2.45, 2.75) is 117 Å². The van der Waals surface area contributed by atoms with E-state index in [1.807, 2.05) is 6.92 Å². The number of hydrogen-bond donors (Lipinski definition) is 1. The van der Waals surface area contributed by atoms with E-state index in [0.717, 1.165) is 23.5 Å². The summed E-state index contributed by atoms with van der Waals surface area (Å²) in [5.41, 5.74) is 3.39. The number of fused-ring (bicyclic) bond motifs is 5. The van der Waals surface area contributed by atoms with Gasteiger partial charge in [-0.15, -0.1) is 0 Å². The fourth-order valence-electron chi connectivity index (χ4n) is 8.10. The minimum Gasteiger partial charge on any atom is -0.411 e. The lowest BCUT2D eigenvalue weighted by Crippen LogP contribution is -2.52. The molecule has 0 heterocycles. The number of oxime groups is 1. The van der Waals surface area contributed by atoms with Crippen molar-refractivity contribution in [3.05, 3.63) is 11.6 Å². The van der Waals surface area contributed by atoms with Gasteiger partial charge in [-0.25, -0.2) is 0 Å². The molecule has 7 atom stereocenters. The molecule has 176 valence electrons. The minimum atomic E-state index is -1.73. The van der Waals surface area contributed by atoms with Crippen molar-refractivity contribution in [1.29, 1.82) is 0 Å². The molecule has 3 fully saturated rings. The Hall–Kier alpha value is -0.613. The Morgan fingerprint density at radius 1 is 1.06 bits per heavy atom. The molecule has 0 radical (unpaired) electrons. The molecule has 4 heteroatoms. The van der Waals surface area contributed by atoms with Gasteiger partial charge < -0.3 is 9.63 Å². The van der Waals surface area contributed by atoms with Crippen LogP contribution in [-0.4, -0.2) is 25.3 Å². The van der Waals surface area contributed by atoms with Gasteiger partial charge in [0, 0.05) is 5.92 Å². The molecule has 1 N–H and O–H groups in total. The summed E-state index contributed by atoms with van der Waals surface area (Å²) in [5.74, 6) is 2.94. The Kier molecular flexibility index (Phi) is 5.86. The van der Waals surface area contributed by atoms with Crippen LogP contribution in [0.1, 0.15) is 92.9 Å². The smallest absolute Gasteiger partial charge is 0.192 e. The van der Waals surface area contributed by atoms with Crippen LogP contribution in [-0.2, 0) is 4.43 Å². The van der Waals surface area contributed by atoms with E-state index < -0.39 is 8.32 Å². The predicted molar refractivity (Wildman–Crippen MR) is 132 cm³/mol. The van der Waals surface area contributed by atoms with Crippen molar-refractivity contribution < 1.29 is 9.63 Å². The molecule has 0 amide bonds. The van der Waals surface area contributed by atoms with Crippen molar-refractivity contribution in [1.82, 2.24) is 0 Å². The lowest BCUT2D eigenvalue weighted by Gasteiger charge is -2.59. The Labute approximate surface area is 192 Å². The molecular weight excluding hydrogens is 398 g/mol. The molecule has 0 aromatic carbocycles. The van der Waals surface area contributed by atoms with E-state index in [0.29, 0.717) is 22.9 Å². The zero-order valence-electron chi connectivity index (χ0n) is 21.4. The van der Waals surface area contributed by atoms with Gasteiger partial charge >= 0.3 is 0 Å². The van der Waals surface area contributed by atoms with E-state index >= 15 is 0 Å². The van der Waals surface area contributed by atoms with E-state index in [1.165, 1.54) is 51.4 Å². The van der Waals surface area contributed by atoms with Gasteiger partial charge in [0.1, 0.15) is 0 Å². The summed E-state index contributed by atoms with van der Waals surface area (Å²) in [5, 5.41) is 13.4. The van der Waals surface area contributed by atoms with Crippen molar-refractivity contribution in [2.75, 3.05) is 0 Å². The molecule has 4 aliphatic rings. The predicted octanol–water partition coefficient (Wildman–Crippen LogP) is 7.81. The average Bonchev–Trinajstić information content (AvgIpc) is 3.04. The van der Waals surface area contributed by atoms with Crippen LogP contribution in [0.4, 0.5) is 0 Å². The summed E-state index contributed by atoms with van der Waals surface area (Å²) in [6.07, 6.45) is 13.2. The summed E-state index contributed by atoms with van der Waals surface area (Å²) in [6.45, 7) is 19.0. The topological polar surface area (TPSA) is 41.8 Å². The molecule has 0 bridgehead atoms. The molecule has 0 spiro atoms. The van der Waals surface area contributed by atoms with E-state index in [9.17, 15) is 5.21 Å². The van der Waals surface area contributed by atoms with E-state index in [-0.39, 0.29) is 5.04 Å². The van der Waals surface area contributed by atoms with Crippen LogP contribution in [0, 0.1) is 34.5 Å². The van der Waals surface area contributed by atoms with Gasteiger partial charge in [0.25, 0.3) is 0 Å². The molecule has 3 nitrogen and oxygen atoms in total. The zero-order chi connectivity index (χ0) is 22.8. The minimum absolute atomic E-state index is 0.271. The number of hydrogen-bond acceptors (Lipinski definition) is 3. The van der Waals surface area contributed by atoms with Gasteiger partial charge in [-0.05, 0) is 105 Å². The quantitative estimate of drug-likeness (QED) is 0.158. The van der Waals surface area contributed by atoms with Crippen LogP contribution in [0.15, 0.2) is 16.8 Å². The van der Waals surface area contributed by atoms with Crippen LogP contribution in [0.25, 0.3) is 0 Å². The normalized spacial score (nSPS) is 43.7. The van der Waals surface area contributed by atoms with Crippen molar-refractivity contribution in [2.24, 2.45) is 39.7 Å². The largest absolute Gasteiger partial charge is 0.411 e. The van der Waals surface area contributed by atoms with E-state index in [2.05, 4.69) is 58.9 Å². The third-order valence-corrected chi connectivity index (χ3v) is 15.5. The SMILES string of the molecule is C/C(=N\O)[C@H]1CC[C@H]2[C@@H]3CCC4=C[C@H](O[Si](C)(C)C(C)(C)C)CC[C@]4(C)[C@H]3CC[C@]12C. The van der Waals surface area contributed by atoms with Crippen molar-refractivity contribution >= 4 is 14.0 Å². The van der Waals surface area contributed by atoms with Crippen LogP contribution < -0.4 is 0 Å². The van der Waals surface area contributed by atoms with Gasteiger partial charge in [0.2, 0.25) is 0 Å². The number of allylic oxidation sites excluding steroid dienone is 1. The molecule has 0 aromatic heterocycles. The first kappa shape index (κ1) is 23.5. The first-order valence-electron chi connectivity index (χ1n) is 12.9. The third-order valence-electron chi connectivity index (χ3n) is 11.0. The summed E-state index contributed by atoms with van der Waals surface area (Å²) >= 11 is 0. The fraction of sp³-hybridized carbons (Fsp3) is 0.889. The van der Waals surface area contributed by atoms with E-state index in [4.69, 9.17) is 4.43 Å². The Balaban J connectivity index is 1.55. The third kappa shape index (κ3) is 3.68. The summed E-state index contributed by atoms with van der Waals surface area (Å²) in [6, 6.07) is 0. The lowest BCUT2D eigenvalue weighted by atomic mass is 9.46. The second-order valence-corrected chi connectivity index (χ2v) is 18.2. The Bertz CT molecular complexity index is 766. The van der Waals surface area contributed by atoms with E-state index in [1.54, 1.807) is 5.57 Å². The van der Waals surface area contributed by atoms with Crippen LogP contribution >= 0.6 is 0 Å². The average molecular weight is 446 g/mol. The summed E-state index contributed by atoms with van der Waals surface area (Å²) < 4.78 is 6.84. The molecule has 0 unspecified atom stereocenters. The lowest BCUT2D eigenvalue weighted by molar-refractivity contribution is -0.0474. The zero-order valence-corrected chi connectivity index (χ0v) is 22.4. The Morgan fingerprint density at radius 2 is 1.77 bits per heavy atom. The first-order chi connectivity index (χ1) is 14.3. The van der Waals surface area contributed by atoms with Crippen LogP contribution in [0.3, 0.4) is 0 Å². The maximum Gasteiger partial charge on any atom is 0.192 e. The monoisotopic (exact) mass is 445 g/mol. The fourth-order valence-corrected chi connectivity index (χ4v) is 9.40. The molecule has 4 rings (SSSR count). The summed E-state index contributed by atoms with van der Waals surface area (Å²) in [4.78, 5) is 0.